The van der Waals surface area contributed by atoms with E-state index in [0.717, 1.165) is 5.56 Å². The third kappa shape index (κ3) is 5.06. The van der Waals surface area contributed by atoms with E-state index >= 15 is 0 Å². The van der Waals surface area contributed by atoms with Gasteiger partial charge in [-0.25, -0.2) is 4.79 Å². The quantitative estimate of drug-likeness (QED) is 0.268. The van der Waals surface area contributed by atoms with Crippen LogP contribution in [0.3, 0.4) is 0 Å². The maximum absolute atomic E-state index is 13.3. The lowest BCUT2D eigenvalue weighted by molar-refractivity contribution is 0.0599. The molecule has 0 spiro atoms. The number of ether oxygens (including phenoxy) is 1. The van der Waals surface area contributed by atoms with Gasteiger partial charge in [0.25, 0.3) is 5.91 Å². The Labute approximate surface area is 213 Å². The molecule has 0 aliphatic rings. The SMILES string of the molecule is COC(=O)c1ccccc1Cn1nc(C)c(NC(=O)c2ccccc2C(=O)c2ccc(Cl)cc2)c1C. The Bertz CT molecular complexity index is 1460. The van der Waals surface area contributed by atoms with Crippen molar-refractivity contribution in [1.82, 2.24) is 9.78 Å². The van der Waals surface area contributed by atoms with E-state index in [1.165, 1.54) is 7.11 Å². The number of aryl methyl sites for hydroxylation is 1. The molecule has 0 saturated carbocycles. The first-order chi connectivity index (χ1) is 17.3. The molecular formula is C28H24ClN3O4. The molecule has 36 heavy (non-hydrogen) atoms. The fourth-order valence-electron chi connectivity index (χ4n) is 3.98. The van der Waals surface area contributed by atoms with Crippen molar-refractivity contribution in [1.29, 1.82) is 0 Å². The van der Waals surface area contributed by atoms with E-state index in [2.05, 4.69) is 10.4 Å². The number of ketones is 1. The summed E-state index contributed by atoms with van der Waals surface area (Å²) in [5.41, 5.74) is 4.03. The van der Waals surface area contributed by atoms with Crippen LogP contribution in [0.1, 0.15) is 53.6 Å². The van der Waals surface area contributed by atoms with Crippen molar-refractivity contribution in [3.8, 4) is 0 Å². The molecule has 8 heteroatoms. The number of aromatic nitrogens is 2. The Balaban J connectivity index is 1.61. The lowest BCUT2D eigenvalue weighted by Gasteiger charge is -2.11. The summed E-state index contributed by atoms with van der Waals surface area (Å²) in [5.74, 6) is -1.13. The molecule has 1 amide bonds. The predicted octanol–water partition coefficient (Wildman–Crippen LogP) is 5.47. The molecule has 0 saturated heterocycles. The highest BCUT2D eigenvalue weighted by Gasteiger charge is 2.21. The number of nitrogens with zero attached hydrogens (tertiary/aromatic N) is 2. The van der Waals surface area contributed by atoms with E-state index in [-0.39, 0.29) is 16.9 Å². The second-order valence-electron chi connectivity index (χ2n) is 8.19. The number of hydrogen-bond acceptors (Lipinski definition) is 5. The lowest BCUT2D eigenvalue weighted by atomic mass is 9.98. The molecule has 1 aromatic heterocycles. The topological polar surface area (TPSA) is 90.3 Å². The van der Waals surface area contributed by atoms with E-state index < -0.39 is 11.9 Å². The van der Waals surface area contributed by atoms with Crippen LogP contribution in [-0.2, 0) is 11.3 Å². The number of amides is 1. The first-order valence-corrected chi connectivity index (χ1v) is 11.6. The van der Waals surface area contributed by atoms with Gasteiger partial charge < -0.3 is 10.1 Å². The van der Waals surface area contributed by atoms with Crippen LogP contribution in [0.4, 0.5) is 5.69 Å². The van der Waals surface area contributed by atoms with Crippen LogP contribution in [0.2, 0.25) is 5.02 Å². The van der Waals surface area contributed by atoms with Crippen LogP contribution >= 0.6 is 11.6 Å². The minimum absolute atomic E-state index is 0.250. The molecule has 1 heterocycles. The number of hydrogen-bond donors (Lipinski definition) is 1. The molecule has 4 aromatic rings. The average molecular weight is 502 g/mol. The van der Waals surface area contributed by atoms with Crippen molar-refractivity contribution in [3.05, 3.63) is 117 Å². The maximum Gasteiger partial charge on any atom is 0.338 e. The van der Waals surface area contributed by atoms with E-state index in [4.69, 9.17) is 16.3 Å². The number of methoxy groups -OCH3 is 1. The van der Waals surface area contributed by atoms with Gasteiger partial charge in [-0.1, -0.05) is 48.0 Å². The monoisotopic (exact) mass is 501 g/mol. The Kier molecular flexibility index (Phi) is 7.31. The summed E-state index contributed by atoms with van der Waals surface area (Å²) >= 11 is 5.94. The number of rotatable bonds is 7. The summed E-state index contributed by atoms with van der Waals surface area (Å²) in [6.07, 6.45) is 0. The highest BCUT2D eigenvalue weighted by Crippen LogP contribution is 2.24. The van der Waals surface area contributed by atoms with Gasteiger partial charge in [-0.15, -0.1) is 0 Å². The number of carbonyl (C=O) groups excluding carboxylic acids is 3. The van der Waals surface area contributed by atoms with Crippen LogP contribution in [0.25, 0.3) is 0 Å². The van der Waals surface area contributed by atoms with E-state index in [0.29, 0.717) is 39.8 Å². The minimum Gasteiger partial charge on any atom is -0.465 e. The highest BCUT2D eigenvalue weighted by molar-refractivity contribution is 6.30. The second-order valence-corrected chi connectivity index (χ2v) is 8.62. The third-order valence-electron chi connectivity index (χ3n) is 5.89. The first kappa shape index (κ1) is 24.9. The summed E-state index contributed by atoms with van der Waals surface area (Å²) < 4.78 is 6.60. The van der Waals surface area contributed by atoms with Crippen molar-refractivity contribution in [2.24, 2.45) is 0 Å². The number of benzene rings is 3. The predicted molar refractivity (Wildman–Crippen MR) is 138 cm³/mol. The van der Waals surface area contributed by atoms with E-state index in [1.807, 2.05) is 19.1 Å². The number of esters is 1. The van der Waals surface area contributed by atoms with E-state index in [9.17, 15) is 14.4 Å². The van der Waals surface area contributed by atoms with Crippen LogP contribution in [0, 0.1) is 13.8 Å². The first-order valence-electron chi connectivity index (χ1n) is 11.2. The zero-order valence-electron chi connectivity index (χ0n) is 20.0. The van der Waals surface area contributed by atoms with Crippen molar-refractivity contribution in [3.63, 3.8) is 0 Å². The van der Waals surface area contributed by atoms with Gasteiger partial charge >= 0.3 is 5.97 Å². The molecule has 0 unspecified atom stereocenters. The van der Waals surface area contributed by atoms with Crippen molar-refractivity contribution in [2.45, 2.75) is 20.4 Å². The maximum atomic E-state index is 13.3. The smallest absolute Gasteiger partial charge is 0.338 e. The molecule has 0 aliphatic carbocycles. The Morgan fingerprint density at radius 2 is 1.50 bits per heavy atom. The van der Waals surface area contributed by atoms with Gasteiger partial charge in [0.2, 0.25) is 0 Å². The lowest BCUT2D eigenvalue weighted by Crippen LogP contribution is -2.18. The summed E-state index contributed by atoms with van der Waals surface area (Å²) in [4.78, 5) is 38.6. The summed E-state index contributed by atoms with van der Waals surface area (Å²) in [6, 6.07) is 20.3. The number of anilines is 1. The van der Waals surface area contributed by atoms with Gasteiger partial charge in [0.1, 0.15) is 0 Å². The summed E-state index contributed by atoms with van der Waals surface area (Å²) in [7, 11) is 1.34. The highest BCUT2D eigenvalue weighted by atomic mass is 35.5. The number of nitrogens with one attached hydrogen (secondary N) is 1. The molecule has 0 atom stereocenters. The van der Waals surface area contributed by atoms with Crippen LogP contribution in [0.5, 0.6) is 0 Å². The van der Waals surface area contributed by atoms with Gasteiger partial charge in [0.05, 0.1) is 41.9 Å². The Hall–Kier alpha value is -4.23. The Morgan fingerprint density at radius 3 is 2.17 bits per heavy atom. The van der Waals surface area contributed by atoms with Gasteiger partial charge in [-0.2, -0.15) is 5.10 Å². The van der Waals surface area contributed by atoms with E-state index in [1.54, 1.807) is 72.3 Å². The molecule has 0 radical (unpaired) electrons. The zero-order valence-corrected chi connectivity index (χ0v) is 20.8. The number of halogens is 1. The van der Waals surface area contributed by atoms with Crippen molar-refractivity contribution < 1.29 is 19.1 Å². The van der Waals surface area contributed by atoms with Crippen LogP contribution in [-0.4, -0.2) is 34.6 Å². The van der Waals surface area contributed by atoms with Crippen molar-refractivity contribution >= 4 is 34.9 Å². The molecule has 0 aliphatic heterocycles. The molecule has 182 valence electrons. The third-order valence-corrected chi connectivity index (χ3v) is 6.14. The standard InChI is InChI=1S/C28H24ClN3O4/c1-17-25(18(2)32(31-17)16-20-8-4-5-9-22(20)28(35)36-3)30-27(34)24-11-7-6-10-23(24)26(33)19-12-14-21(29)15-13-19/h4-15H,16H2,1-3H3,(H,30,34). The van der Waals surface area contributed by atoms with Crippen LogP contribution in [0.15, 0.2) is 72.8 Å². The zero-order chi connectivity index (χ0) is 25.8. The fraction of sp³-hybridized carbons (Fsp3) is 0.143. The van der Waals surface area contributed by atoms with Gasteiger partial charge in [0, 0.05) is 16.1 Å². The van der Waals surface area contributed by atoms with Gasteiger partial charge in [0.15, 0.2) is 5.78 Å². The minimum atomic E-state index is -0.428. The van der Waals surface area contributed by atoms with Gasteiger partial charge in [-0.3, -0.25) is 14.3 Å². The normalized spacial score (nSPS) is 10.7. The van der Waals surface area contributed by atoms with Crippen LogP contribution < -0.4 is 5.32 Å². The Morgan fingerprint density at radius 1 is 0.889 bits per heavy atom. The molecule has 0 fully saturated rings. The largest absolute Gasteiger partial charge is 0.465 e. The fourth-order valence-corrected chi connectivity index (χ4v) is 4.10. The molecule has 0 bridgehead atoms. The molecule has 4 rings (SSSR count). The summed E-state index contributed by atoms with van der Waals surface area (Å²) in [5, 5.41) is 8.00. The molecular weight excluding hydrogens is 478 g/mol. The molecule has 3 aromatic carbocycles. The second kappa shape index (κ2) is 10.6. The summed E-state index contributed by atoms with van der Waals surface area (Å²) in [6.45, 7) is 3.94. The molecule has 7 nitrogen and oxygen atoms in total. The average Bonchev–Trinajstić information content (AvgIpc) is 3.15. The number of carbonyl (C=O) groups is 3. The van der Waals surface area contributed by atoms with Gasteiger partial charge in [-0.05, 0) is 55.8 Å². The molecule has 1 N–H and O–H groups in total. The van der Waals surface area contributed by atoms with Crippen molar-refractivity contribution in [2.75, 3.05) is 12.4 Å².